The van der Waals surface area contributed by atoms with Gasteiger partial charge in [0, 0.05) is 16.7 Å². The lowest BCUT2D eigenvalue weighted by molar-refractivity contribution is 0.535. The van der Waals surface area contributed by atoms with Gasteiger partial charge in [-0.1, -0.05) is 12.1 Å². The molecule has 1 atom stereocenters. The summed E-state index contributed by atoms with van der Waals surface area (Å²) in [4.78, 5) is 1.05. The summed E-state index contributed by atoms with van der Waals surface area (Å²) in [6.45, 7) is 6.32. The molecule has 16 heavy (non-hydrogen) atoms. The number of hydrogen-bond donors (Lipinski definition) is 2. The average Bonchev–Trinajstić information content (AvgIpc) is 2.14. The minimum absolute atomic E-state index is 0.0448. The molecule has 0 fully saturated rings. The minimum Gasteiger partial charge on any atom is -0.304 e. The first-order chi connectivity index (χ1) is 7.38. The van der Waals surface area contributed by atoms with Gasteiger partial charge in [0.1, 0.15) is 11.0 Å². The van der Waals surface area contributed by atoms with E-state index in [1.165, 1.54) is 0 Å². The fourth-order valence-corrected chi connectivity index (χ4v) is 2.35. The first kappa shape index (κ1) is 13.5. The summed E-state index contributed by atoms with van der Waals surface area (Å²) in [5.74, 6) is 0. The van der Waals surface area contributed by atoms with Crippen molar-refractivity contribution in [2.24, 2.45) is 0 Å². The predicted molar refractivity (Wildman–Crippen MR) is 72.9 cm³/mol. The molecule has 0 spiro atoms. The number of rotatable bonds is 4. The molecule has 0 saturated heterocycles. The summed E-state index contributed by atoms with van der Waals surface area (Å²) in [6, 6.07) is 7.82. The number of nitrogens with one attached hydrogen (secondary N) is 2. The Morgan fingerprint density at radius 2 is 1.88 bits per heavy atom. The Kier molecular flexibility index (Phi) is 4.83. The van der Waals surface area contributed by atoms with Crippen molar-refractivity contribution in [2.75, 3.05) is 11.0 Å². The molecule has 1 rings (SSSR count). The largest absolute Gasteiger partial charge is 0.304 e. The Balaban J connectivity index is 2.75. The van der Waals surface area contributed by atoms with Crippen LogP contribution in [0.15, 0.2) is 29.2 Å². The smallest absolute Gasteiger partial charge is 0.113 e. The van der Waals surface area contributed by atoms with E-state index in [1.54, 1.807) is 18.2 Å². The number of benzene rings is 1. The predicted octanol–water partition coefficient (Wildman–Crippen LogP) is 2.79. The lowest BCUT2D eigenvalue weighted by atomic mass is 10.1. The molecule has 0 radical (unpaired) electrons. The third-order valence-corrected chi connectivity index (χ3v) is 3.41. The highest BCUT2D eigenvalue weighted by atomic mass is 32.2. The van der Waals surface area contributed by atoms with Gasteiger partial charge in [0.05, 0.1) is 5.69 Å². The maximum atomic E-state index is 11.1. The van der Waals surface area contributed by atoms with E-state index >= 15 is 0 Å². The molecule has 2 N–H and O–H groups in total. The molecule has 3 nitrogen and oxygen atoms in total. The van der Waals surface area contributed by atoms with Gasteiger partial charge in [-0.15, -0.1) is 0 Å². The third kappa shape index (κ3) is 5.01. The van der Waals surface area contributed by atoms with Crippen molar-refractivity contribution in [3.8, 4) is 0 Å². The Morgan fingerprint density at radius 1 is 1.25 bits per heavy atom. The maximum absolute atomic E-state index is 11.1. The molecular formula is C11H18N2OS2. The van der Waals surface area contributed by atoms with Crippen LogP contribution in [-0.2, 0) is 11.0 Å². The molecule has 1 aromatic rings. The second kappa shape index (κ2) is 5.70. The van der Waals surface area contributed by atoms with E-state index in [2.05, 4.69) is 30.2 Å². The van der Waals surface area contributed by atoms with Gasteiger partial charge in [0.15, 0.2) is 0 Å². The summed E-state index contributed by atoms with van der Waals surface area (Å²) < 4.78 is 17.4. The van der Waals surface area contributed by atoms with Gasteiger partial charge in [-0.2, -0.15) is 0 Å². The topological polar surface area (TPSA) is 41.1 Å². The SMILES string of the molecule is CS(=O)Nc1ccccc1SNC(C)(C)C. The van der Waals surface area contributed by atoms with E-state index in [1.807, 2.05) is 24.3 Å². The van der Waals surface area contributed by atoms with Crippen molar-refractivity contribution in [1.82, 2.24) is 4.72 Å². The van der Waals surface area contributed by atoms with Gasteiger partial charge < -0.3 is 4.72 Å². The highest BCUT2D eigenvalue weighted by Gasteiger charge is 2.11. The Morgan fingerprint density at radius 3 is 2.44 bits per heavy atom. The van der Waals surface area contributed by atoms with Gasteiger partial charge in [-0.3, -0.25) is 4.72 Å². The van der Waals surface area contributed by atoms with Crippen LogP contribution in [-0.4, -0.2) is 16.0 Å². The molecule has 90 valence electrons. The first-order valence-electron chi connectivity index (χ1n) is 5.01. The van der Waals surface area contributed by atoms with Crippen molar-refractivity contribution in [2.45, 2.75) is 31.2 Å². The van der Waals surface area contributed by atoms with Crippen LogP contribution in [0, 0.1) is 0 Å². The minimum atomic E-state index is -1.04. The lowest BCUT2D eigenvalue weighted by Gasteiger charge is -2.20. The van der Waals surface area contributed by atoms with Gasteiger partial charge in [-0.25, -0.2) is 4.21 Å². The average molecular weight is 258 g/mol. The van der Waals surface area contributed by atoms with Gasteiger partial charge in [0.2, 0.25) is 0 Å². The van der Waals surface area contributed by atoms with Crippen LogP contribution < -0.4 is 9.44 Å². The molecule has 0 bridgehead atoms. The normalized spacial score (nSPS) is 13.5. The van der Waals surface area contributed by atoms with Gasteiger partial charge >= 0.3 is 0 Å². The number of hydrogen-bond acceptors (Lipinski definition) is 3. The quantitative estimate of drug-likeness (QED) is 0.816. The standard InChI is InChI=1S/C11H18N2OS2/c1-11(2,3)13-15-10-8-6-5-7-9(10)12-16(4)14/h5-8,12-13H,1-4H3. The molecule has 0 saturated carbocycles. The summed E-state index contributed by atoms with van der Waals surface area (Å²) in [5, 5.41) is 0. The van der Waals surface area contributed by atoms with Crippen LogP contribution in [0.5, 0.6) is 0 Å². The molecule has 0 aliphatic heterocycles. The number of anilines is 1. The number of para-hydroxylation sites is 1. The van der Waals surface area contributed by atoms with E-state index in [4.69, 9.17) is 0 Å². The zero-order chi connectivity index (χ0) is 12.2. The molecule has 0 aliphatic rings. The van der Waals surface area contributed by atoms with Crippen LogP contribution in [0.1, 0.15) is 20.8 Å². The fourth-order valence-electron chi connectivity index (χ4n) is 1.00. The van der Waals surface area contributed by atoms with Crippen molar-refractivity contribution in [3.05, 3.63) is 24.3 Å². The first-order valence-corrected chi connectivity index (χ1v) is 7.39. The highest BCUT2D eigenvalue weighted by Crippen LogP contribution is 2.26. The summed E-state index contributed by atoms with van der Waals surface area (Å²) in [5.41, 5.74) is 0.938. The van der Waals surface area contributed by atoms with E-state index in [-0.39, 0.29) is 5.54 Å². The van der Waals surface area contributed by atoms with E-state index in [0.29, 0.717) is 0 Å². The molecule has 0 heterocycles. The second-order valence-electron chi connectivity index (χ2n) is 4.51. The summed E-state index contributed by atoms with van der Waals surface area (Å²) in [7, 11) is -1.04. The van der Waals surface area contributed by atoms with Crippen molar-refractivity contribution < 1.29 is 4.21 Å². The molecule has 0 amide bonds. The zero-order valence-electron chi connectivity index (χ0n) is 10.0. The van der Waals surface area contributed by atoms with E-state index in [9.17, 15) is 4.21 Å². The molecule has 1 unspecified atom stereocenters. The summed E-state index contributed by atoms with van der Waals surface area (Å²) >= 11 is 1.55. The molecule has 5 heteroatoms. The van der Waals surface area contributed by atoms with Crippen molar-refractivity contribution >= 4 is 28.6 Å². The van der Waals surface area contributed by atoms with Crippen LogP contribution >= 0.6 is 11.9 Å². The fraction of sp³-hybridized carbons (Fsp3) is 0.455. The van der Waals surface area contributed by atoms with Gasteiger partial charge in [-0.05, 0) is 44.9 Å². The summed E-state index contributed by atoms with van der Waals surface area (Å²) in [6.07, 6.45) is 1.62. The van der Waals surface area contributed by atoms with E-state index in [0.717, 1.165) is 10.6 Å². The Bertz CT molecular complexity index is 374. The van der Waals surface area contributed by atoms with Crippen LogP contribution in [0.3, 0.4) is 0 Å². The highest BCUT2D eigenvalue weighted by molar-refractivity contribution is 7.97. The second-order valence-corrected chi connectivity index (χ2v) is 6.47. The lowest BCUT2D eigenvalue weighted by Crippen LogP contribution is -2.29. The maximum Gasteiger partial charge on any atom is 0.113 e. The van der Waals surface area contributed by atoms with Crippen molar-refractivity contribution in [1.29, 1.82) is 0 Å². The van der Waals surface area contributed by atoms with Crippen LogP contribution in [0.4, 0.5) is 5.69 Å². The molecule has 0 aliphatic carbocycles. The van der Waals surface area contributed by atoms with Crippen LogP contribution in [0.2, 0.25) is 0 Å². The Hall–Kier alpha value is -0.520. The molecule has 1 aromatic carbocycles. The zero-order valence-corrected chi connectivity index (χ0v) is 11.7. The third-order valence-electron chi connectivity index (χ3n) is 1.61. The monoisotopic (exact) mass is 258 g/mol. The van der Waals surface area contributed by atoms with Crippen LogP contribution in [0.25, 0.3) is 0 Å². The van der Waals surface area contributed by atoms with Gasteiger partial charge in [0.25, 0.3) is 0 Å². The van der Waals surface area contributed by atoms with Crippen molar-refractivity contribution in [3.63, 3.8) is 0 Å². The van der Waals surface area contributed by atoms with E-state index < -0.39 is 11.0 Å². The Labute approximate surface area is 104 Å². The molecular weight excluding hydrogens is 240 g/mol. The molecule has 0 aromatic heterocycles.